The van der Waals surface area contributed by atoms with Gasteiger partial charge in [-0.15, -0.1) is 0 Å². The maximum Gasteiger partial charge on any atom is 0.339 e. The molecule has 224 valence electrons. The summed E-state index contributed by atoms with van der Waals surface area (Å²) in [5, 5.41) is 2.74. The van der Waals surface area contributed by atoms with Crippen molar-refractivity contribution in [2.75, 3.05) is 39.6 Å². The summed E-state index contributed by atoms with van der Waals surface area (Å²) >= 11 is 0. The molecule has 1 amide bonds. The lowest BCUT2D eigenvalue weighted by Crippen LogP contribution is -2.32. The van der Waals surface area contributed by atoms with Crippen LogP contribution in [0, 0.1) is 0 Å². The van der Waals surface area contributed by atoms with Crippen molar-refractivity contribution in [3.05, 3.63) is 107 Å². The third kappa shape index (κ3) is 5.70. The number of benzene rings is 3. The van der Waals surface area contributed by atoms with Crippen molar-refractivity contribution in [3.8, 4) is 22.9 Å². The molecule has 6 rings (SSSR count). The zero-order valence-corrected chi connectivity index (χ0v) is 24.5. The highest BCUT2D eigenvalue weighted by molar-refractivity contribution is 6.19. The van der Waals surface area contributed by atoms with Crippen LogP contribution in [0.4, 0.5) is 5.82 Å². The largest absolute Gasteiger partial charge is 0.457 e. The van der Waals surface area contributed by atoms with E-state index in [4.69, 9.17) is 15.2 Å². The van der Waals surface area contributed by atoms with E-state index in [2.05, 4.69) is 20.2 Å². The van der Waals surface area contributed by atoms with Gasteiger partial charge >= 0.3 is 5.69 Å². The van der Waals surface area contributed by atoms with E-state index in [0.717, 1.165) is 13.0 Å². The third-order valence-electron chi connectivity index (χ3n) is 7.72. The van der Waals surface area contributed by atoms with Gasteiger partial charge in [-0.05, 0) is 67.6 Å². The molecular formula is C33H33N7O4. The van der Waals surface area contributed by atoms with Crippen LogP contribution in [0.15, 0.2) is 96.1 Å². The van der Waals surface area contributed by atoms with Crippen molar-refractivity contribution in [1.29, 1.82) is 0 Å². The van der Waals surface area contributed by atoms with Gasteiger partial charge in [-0.1, -0.05) is 36.4 Å². The minimum Gasteiger partial charge on any atom is -0.457 e. The molecule has 1 fully saturated rings. The first kappa shape index (κ1) is 28.8. The minimum atomic E-state index is -0.382. The van der Waals surface area contributed by atoms with E-state index in [1.807, 2.05) is 55.6 Å². The smallest absolute Gasteiger partial charge is 0.339 e. The molecule has 2 aromatic heterocycles. The molecule has 1 saturated heterocycles. The monoisotopic (exact) mass is 591 g/mol. The summed E-state index contributed by atoms with van der Waals surface area (Å²) in [6.45, 7) is 1.98. The first-order valence-electron chi connectivity index (χ1n) is 14.3. The Morgan fingerprint density at radius 3 is 2.55 bits per heavy atom. The fraction of sp³-hybridized carbons (Fsp3) is 0.212. The highest BCUT2D eigenvalue weighted by Gasteiger charge is 2.22. The number of hydrogen-bond acceptors (Lipinski definition) is 8. The predicted octanol–water partition coefficient (Wildman–Crippen LogP) is 3.80. The van der Waals surface area contributed by atoms with Crippen LogP contribution in [0.1, 0.15) is 12.0 Å². The normalized spacial score (nSPS) is 15.2. The Kier molecular flexibility index (Phi) is 8.22. The van der Waals surface area contributed by atoms with Crippen LogP contribution < -0.4 is 21.5 Å². The standard InChI is InChI=1S/C33H33N7O4/c1-35-32(41)28(15-17-38(2)25-16-18-43-20-25)22-7-6-8-24(19-22)40-31-29(30(34)36-21-37-31)39(33(40)42)23-11-13-27(14-12-23)44-26-9-4-3-5-10-26/h3-15,19,21,25H,16-18,20H2,1-2H3,(H,35,41)(H2,34,36,37). The Hall–Kier alpha value is -5.26. The summed E-state index contributed by atoms with van der Waals surface area (Å²) in [6, 6.07) is 24.1. The van der Waals surface area contributed by atoms with Gasteiger partial charge < -0.3 is 20.5 Å². The van der Waals surface area contributed by atoms with Crippen LogP contribution in [0.2, 0.25) is 0 Å². The summed E-state index contributed by atoms with van der Waals surface area (Å²) in [7, 11) is 3.62. The van der Waals surface area contributed by atoms with E-state index in [9.17, 15) is 9.59 Å². The van der Waals surface area contributed by atoms with Gasteiger partial charge in [0.05, 0.1) is 18.0 Å². The Labute approximate surface area is 254 Å². The molecule has 3 heterocycles. The zero-order valence-electron chi connectivity index (χ0n) is 24.5. The van der Waals surface area contributed by atoms with Crippen molar-refractivity contribution in [2.45, 2.75) is 12.5 Å². The number of nitrogens with zero attached hydrogens (tertiary/aromatic N) is 5. The van der Waals surface area contributed by atoms with Gasteiger partial charge in [0.2, 0.25) is 0 Å². The molecule has 0 bridgehead atoms. The molecule has 0 saturated carbocycles. The van der Waals surface area contributed by atoms with E-state index in [0.29, 0.717) is 64.4 Å². The lowest BCUT2D eigenvalue weighted by Gasteiger charge is -2.21. The fourth-order valence-corrected chi connectivity index (χ4v) is 5.35. The number of fused-ring (bicyclic) bond motifs is 1. The lowest BCUT2D eigenvalue weighted by atomic mass is 10.0. The van der Waals surface area contributed by atoms with Crippen molar-refractivity contribution in [2.24, 2.45) is 0 Å². The number of aromatic nitrogens is 4. The van der Waals surface area contributed by atoms with Crippen LogP contribution in [-0.2, 0) is 9.53 Å². The van der Waals surface area contributed by atoms with Crippen molar-refractivity contribution >= 4 is 28.5 Å². The number of carbonyl (C=O) groups excluding carboxylic acids is 1. The van der Waals surface area contributed by atoms with Crippen LogP contribution >= 0.6 is 0 Å². The number of likely N-dealkylation sites (N-methyl/N-ethyl adjacent to an activating group) is 2. The van der Waals surface area contributed by atoms with Gasteiger partial charge in [-0.2, -0.15) is 0 Å². The number of ether oxygens (including phenoxy) is 2. The highest BCUT2D eigenvalue weighted by atomic mass is 16.5. The molecule has 11 nitrogen and oxygen atoms in total. The van der Waals surface area contributed by atoms with Gasteiger partial charge in [-0.3, -0.25) is 14.3 Å². The number of rotatable bonds is 9. The second-order valence-corrected chi connectivity index (χ2v) is 10.5. The van der Waals surface area contributed by atoms with Crippen LogP contribution in [-0.4, -0.2) is 69.8 Å². The Morgan fingerprint density at radius 2 is 1.82 bits per heavy atom. The van der Waals surface area contributed by atoms with E-state index < -0.39 is 0 Å². The second-order valence-electron chi connectivity index (χ2n) is 10.5. The topological polar surface area (TPSA) is 130 Å². The maximum atomic E-state index is 14.1. The lowest BCUT2D eigenvalue weighted by molar-refractivity contribution is -0.115. The SMILES string of the molecule is CNC(=O)C(=CCN(C)C1CCOC1)c1cccc(-n2c(=O)n(-c3ccc(Oc4ccccc4)cc3)c3c(N)ncnc32)c1. The number of nitrogens with two attached hydrogens (primary N) is 1. The summed E-state index contributed by atoms with van der Waals surface area (Å²) in [5.41, 5.74) is 8.92. The molecule has 3 N–H and O–H groups in total. The first-order chi connectivity index (χ1) is 21.4. The Morgan fingerprint density at radius 1 is 1.05 bits per heavy atom. The van der Waals surface area contributed by atoms with Crippen LogP contribution in [0.5, 0.6) is 11.5 Å². The fourth-order valence-electron chi connectivity index (χ4n) is 5.35. The van der Waals surface area contributed by atoms with Crippen molar-refractivity contribution < 1.29 is 14.3 Å². The predicted molar refractivity (Wildman–Crippen MR) is 169 cm³/mol. The maximum absolute atomic E-state index is 14.1. The molecule has 3 aromatic carbocycles. The number of anilines is 1. The molecule has 0 spiro atoms. The summed E-state index contributed by atoms with van der Waals surface area (Å²) in [5.74, 6) is 1.26. The van der Waals surface area contributed by atoms with E-state index in [1.54, 1.807) is 43.4 Å². The van der Waals surface area contributed by atoms with Gasteiger partial charge in [0.15, 0.2) is 11.5 Å². The van der Waals surface area contributed by atoms with Crippen molar-refractivity contribution in [3.63, 3.8) is 0 Å². The number of carbonyl (C=O) groups is 1. The molecule has 5 aromatic rings. The number of nitrogens with one attached hydrogen (secondary N) is 1. The zero-order chi connectivity index (χ0) is 30.6. The number of para-hydroxylation sites is 1. The molecular weight excluding hydrogens is 558 g/mol. The average Bonchev–Trinajstić information content (AvgIpc) is 3.69. The highest BCUT2D eigenvalue weighted by Crippen LogP contribution is 2.27. The van der Waals surface area contributed by atoms with E-state index >= 15 is 0 Å². The average molecular weight is 592 g/mol. The molecule has 1 atom stereocenters. The Bertz CT molecular complexity index is 1870. The van der Waals surface area contributed by atoms with Gasteiger partial charge in [0, 0.05) is 31.8 Å². The number of nitrogen functional groups attached to an aromatic ring is 1. The molecule has 0 radical (unpaired) electrons. The summed E-state index contributed by atoms with van der Waals surface area (Å²) < 4.78 is 14.4. The number of amides is 1. The minimum absolute atomic E-state index is 0.163. The van der Waals surface area contributed by atoms with E-state index in [-0.39, 0.29) is 17.4 Å². The second kappa shape index (κ2) is 12.5. The van der Waals surface area contributed by atoms with Crippen molar-refractivity contribution in [1.82, 2.24) is 29.3 Å². The molecule has 44 heavy (non-hydrogen) atoms. The molecule has 1 aliphatic heterocycles. The van der Waals surface area contributed by atoms with Gasteiger partial charge in [-0.25, -0.2) is 19.3 Å². The number of hydrogen-bond donors (Lipinski definition) is 2. The molecule has 11 heteroatoms. The van der Waals surface area contributed by atoms with E-state index in [1.165, 1.54) is 15.5 Å². The third-order valence-corrected chi connectivity index (χ3v) is 7.72. The van der Waals surface area contributed by atoms with Crippen LogP contribution in [0.3, 0.4) is 0 Å². The van der Waals surface area contributed by atoms with Gasteiger partial charge in [0.25, 0.3) is 5.91 Å². The quantitative estimate of drug-likeness (QED) is 0.248. The molecule has 0 aliphatic carbocycles. The molecule has 1 unspecified atom stereocenters. The Balaban J connectivity index is 1.39. The number of imidazole rings is 1. The van der Waals surface area contributed by atoms with Gasteiger partial charge in [0.1, 0.15) is 23.3 Å². The summed E-state index contributed by atoms with van der Waals surface area (Å²) in [6.07, 6.45) is 4.19. The molecule has 1 aliphatic rings. The first-order valence-corrected chi connectivity index (χ1v) is 14.3. The summed E-state index contributed by atoms with van der Waals surface area (Å²) in [4.78, 5) is 37.9. The van der Waals surface area contributed by atoms with Crippen LogP contribution in [0.25, 0.3) is 28.1 Å².